The van der Waals surface area contributed by atoms with Gasteiger partial charge in [0.2, 0.25) is 11.8 Å². The van der Waals surface area contributed by atoms with Gasteiger partial charge in [0, 0.05) is 23.8 Å². The molecule has 2 rings (SSSR count). The molecule has 1 aliphatic rings. The lowest BCUT2D eigenvalue weighted by Crippen LogP contribution is -2.25. The molecule has 1 aliphatic heterocycles. The van der Waals surface area contributed by atoms with Crippen LogP contribution in [0.25, 0.3) is 0 Å². The Hall–Kier alpha value is -2.90. The molecule has 2 amide bonds. The van der Waals surface area contributed by atoms with Crippen molar-refractivity contribution in [2.75, 3.05) is 14.2 Å². The number of hydrogen-bond donors (Lipinski definition) is 2. The highest BCUT2D eigenvalue weighted by molar-refractivity contribution is 6.07. The van der Waals surface area contributed by atoms with Crippen molar-refractivity contribution in [3.05, 3.63) is 23.8 Å². The van der Waals surface area contributed by atoms with Crippen molar-refractivity contribution in [1.29, 1.82) is 0 Å². The Bertz CT molecular complexity index is 685. The normalized spacial score (nSPS) is 16.7. The third-order valence-electron chi connectivity index (χ3n) is 3.66. The van der Waals surface area contributed by atoms with Crippen LogP contribution in [-0.4, -0.2) is 38.0 Å². The van der Waals surface area contributed by atoms with E-state index >= 15 is 0 Å². The van der Waals surface area contributed by atoms with Crippen LogP contribution < -0.4 is 20.3 Å². The average molecular weight is 332 g/mol. The number of benzene rings is 1. The first-order valence-electron chi connectivity index (χ1n) is 7.43. The lowest BCUT2D eigenvalue weighted by Gasteiger charge is -2.07. The lowest BCUT2D eigenvalue weighted by molar-refractivity contribution is -0.123. The number of carbonyl (C=O) groups is 2. The Kier molecular flexibility index (Phi) is 5.89. The largest absolute Gasteiger partial charge is 0.497 e. The van der Waals surface area contributed by atoms with E-state index in [4.69, 9.17) is 9.47 Å². The number of hydrazone groups is 2. The number of amides is 2. The van der Waals surface area contributed by atoms with Gasteiger partial charge in [-0.1, -0.05) is 0 Å². The van der Waals surface area contributed by atoms with Crippen LogP contribution in [0.4, 0.5) is 0 Å². The molecule has 0 unspecified atom stereocenters. The summed E-state index contributed by atoms with van der Waals surface area (Å²) in [4.78, 5) is 23.3. The van der Waals surface area contributed by atoms with Gasteiger partial charge in [0.05, 0.1) is 26.4 Å². The molecule has 8 nitrogen and oxygen atoms in total. The predicted octanol–water partition coefficient (Wildman–Crippen LogP) is 1.06. The first-order chi connectivity index (χ1) is 11.5. The summed E-state index contributed by atoms with van der Waals surface area (Å²) >= 11 is 0. The summed E-state index contributed by atoms with van der Waals surface area (Å²) < 4.78 is 10.4. The maximum Gasteiger partial charge on any atom is 0.248 e. The third kappa shape index (κ3) is 4.31. The molecule has 8 heteroatoms. The van der Waals surface area contributed by atoms with Crippen molar-refractivity contribution in [2.45, 2.75) is 19.8 Å². The van der Waals surface area contributed by atoms with E-state index < -0.39 is 0 Å². The van der Waals surface area contributed by atoms with Gasteiger partial charge < -0.3 is 9.47 Å². The van der Waals surface area contributed by atoms with Gasteiger partial charge in [0.25, 0.3) is 0 Å². The molecule has 24 heavy (non-hydrogen) atoms. The topological polar surface area (TPSA) is 101 Å². The zero-order valence-corrected chi connectivity index (χ0v) is 13.8. The number of hydrogen-bond acceptors (Lipinski definition) is 6. The van der Waals surface area contributed by atoms with Gasteiger partial charge in [0.1, 0.15) is 11.5 Å². The quantitative estimate of drug-likeness (QED) is 0.576. The van der Waals surface area contributed by atoms with Crippen molar-refractivity contribution in [2.24, 2.45) is 16.1 Å². The van der Waals surface area contributed by atoms with Crippen molar-refractivity contribution in [3.63, 3.8) is 0 Å². The van der Waals surface area contributed by atoms with E-state index in [9.17, 15) is 9.59 Å². The Morgan fingerprint density at radius 1 is 1.42 bits per heavy atom. The summed E-state index contributed by atoms with van der Waals surface area (Å²) in [5, 5.41) is 7.76. The average Bonchev–Trinajstić information content (AvgIpc) is 2.91. The van der Waals surface area contributed by atoms with E-state index in [1.54, 1.807) is 39.3 Å². The Morgan fingerprint density at radius 2 is 2.21 bits per heavy atom. The minimum absolute atomic E-state index is 0.174. The molecule has 0 aliphatic carbocycles. The van der Waals surface area contributed by atoms with E-state index in [-0.39, 0.29) is 24.2 Å². The van der Waals surface area contributed by atoms with Gasteiger partial charge >= 0.3 is 0 Å². The fourth-order valence-corrected chi connectivity index (χ4v) is 2.26. The Morgan fingerprint density at radius 3 is 2.83 bits per heavy atom. The van der Waals surface area contributed by atoms with Crippen molar-refractivity contribution >= 4 is 23.7 Å². The highest BCUT2D eigenvalue weighted by Crippen LogP contribution is 2.23. The number of methoxy groups -OCH3 is 2. The fraction of sp³-hybridized carbons (Fsp3) is 0.375. The number of rotatable bonds is 7. The van der Waals surface area contributed by atoms with E-state index in [1.165, 1.54) is 6.21 Å². The summed E-state index contributed by atoms with van der Waals surface area (Å²) in [5.74, 6) is 0.459. The van der Waals surface area contributed by atoms with Gasteiger partial charge in [-0.25, -0.2) is 10.9 Å². The summed E-state index contributed by atoms with van der Waals surface area (Å²) in [6.45, 7) is 1.76. The zero-order chi connectivity index (χ0) is 17.5. The van der Waals surface area contributed by atoms with Crippen LogP contribution in [0.15, 0.2) is 28.4 Å². The first-order valence-corrected chi connectivity index (χ1v) is 7.43. The fourth-order valence-electron chi connectivity index (χ4n) is 2.26. The highest BCUT2D eigenvalue weighted by Gasteiger charge is 2.26. The van der Waals surface area contributed by atoms with Crippen molar-refractivity contribution in [1.82, 2.24) is 10.9 Å². The molecule has 0 radical (unpaired) electrons. The molecule has 2 N–H and O–H groups in total. The molecule has 0 saturated heterocycles. The molecule has 0 fully saturated rings. The standard InChI is InChI=1S/C16H20N4O4/c1-10-13(16(22)20-18-10)6-7-15(21)19-17-9-11-4-5-12(23-2)8-14(11)24-3/h4-5,8-9,13H,6-7H2,1-3H3,(H,19,21)(H,20,22)/b17-9-/t13-/m0/s1. The molecule has 128 valence electrons. The molecule has 1 heterocycles. The smallest absolute Gasteiger partial charge is 0.248 e. The number of ether oxygens (including phenoxy) is 2. The summed E-state index contributed by atoms with van der Waals surface area (Å²) in [6, 6.07) is 5.27. The highest BCUT2D eigenvalue weighted by atomic mass is 16.5. The molecular weight excluding hydrogens is 312 g/mol. The minimum Gasteiger partial charge on any atom is -0.497 e. The first kappa shape index (κ1) is 17.5. The van der Waals surface area contributed by atoms with E-state index in [0.717, 1.165) is 0 Å². The second kappa shape index (κ2) is 8.09. The summed E-state index contributed by atoms with van der Waals surface area (Å²) in [6.07, 6.45) is 2.07. The van der Waals surface area contributed by atoms with Gasteiger partial charge in [-0.05, 0) is 25.5 Å². The molecule has 0 saturated carbocycles. The minimum atomic E-state index is -0.346. The molecule has 1 aromatic carbocycles. The molecule has 1 atom stereocenters. The zero-order valence-electron chi connectivity index (χ0n) is 13.8. The monoisotopic (exact) mass is 332 g/mol. The second-order valence-electron chi connectivity index (χ2n) is 5.22. The number of nitrogens with zero attached hydrogens (tertiary/aromatic N) is 2. The molecular formula is C16H20N4O4. The number of carbonyl (C=O) groups excluding carboxylic acids is 2. The van der Waals surface area contributed by atoms with Crippen LogP contribution >= 0.6 is 0 Å². The van der Waals surface area contributed by atoms with E-state index in [1.807, 2.05) is 0 Å². The van der Waals surface area contributed by atoms with E-state index in [2.05, 4.69) is 21.1 Å². The Balaban J connectivity index is 1.86. The predicted molar refractivity (Wildman–Crippen MR) is 89.3 cm³/mol. The van der Waals surface area contributed by atoms with Crippen LogP contribution in [0, 0.1) is 5.92 Å². The summed E-state index contributed by atoms with van der Waals surface area (Å²) in [7, 11) is 3.11. The molecule has 0 spiro atoms. The van der Waals surface area contributed by atoms with Crippen molar-refractivity contribution in [3.8, 4) is 11.5 Å². The van der Waals surface area contributed by atoms with Crippen LogP contribution in [0.3, 0.4) is 0 Å². The van der Waals surface area contributed by atoms with Gasteiger partial charge in [-0.2, -0.15) is 10.2 Å². The maximum absolute atomic E-state index is 11.8. The molecule has 0 bridgehead atoms. The lowest BCUT2D eigenvalue weighted by atomic mass is 9.99. The van der Waals surface area contributed by atoms with Crippen LogP contribution in [0.1, 0.15) is 25.3 Å². The van der Waals surface area contributed by atoms with Crippen molar-refractivity contribution < 1.29 is 19.1 Å². The van der Waals surface area contributed by atoms with Crippen LogP contribution in [-0.2, 0) is 9.59 Å². The van der Waals surface area contributed by atoms with E-state index in [0.29, 0.717) is 29.2 Å². The van der Waals surface area contributed by atoms with Gasteiger partial charge in [-0.3, -0.25) is 9.59 Å². The van der Waals surface area contributed by atoms with Crippen LogP contribution in [0.5, 0.6) is 11.5 Å². The van der Waals surface area contributed by atoms with Gasteiger partial charge in [-0.15, -0.1) is 0 Å². The summed E-state index contributed by atoms with van der Waals surface area (Å²) in [5.41, 5.74) is 6.23. The van der Waals surface area contributed by atoms with Gasteiger partial charge in [0.15, 0.2) is 0 Å². The second-order valence-corrected chi connectivity index (χ2v) is 5.22. The molecule has 1 aromatic rings. The number of nitrogens with one attached hydrogen (secondary N) is 2. The molecule has 0 aromatic heterocycles. The van der Waals surface area contributed by atoms with Crippen LogP contribution in [0.2, 0.25) is 0 Å². The SMILES string of the molecule is COc1ccc(/C=N\NC(=O)CC[C@@H]2C(=O)NN=C2C)c(OC)c1. The Labute approximate surface area is 139 Å². The third-order valence-corrected chi connectivity index (χ3v) is 3.66. The maximum atomic E-state index is 11.8.